The summed E-state index contributed by atoms with van der Waals surface area (Å²) in [5.74, 6) is -0.479. The molecule has 20 heavy (non-hydrogen) atoms. The molecule has 1 N–H and O–H groups in total. The highest BCUT2D eigenvalue weighted by Crippen LogP contribution is 2.33. The van der Waals surface area contributed by atoms with Crippen LogP contribution >= 0.6 is 0 Å². The lowest BCUT2D eigenvalue weighted by atomic mass is 9.86. The molecule has 1 fully saturated rings. The van der Waals surface area contributed by atoms with Crippen LogP contribution in [0.4, 0.5) is 0 Å². The fourth-order valence-corrected chi connectivity index (χ4v) is 4.45. The molecule has 0 aromatic heterocycles. The van der Waals surface area contributed by atoms with E-state index < -0.39 is 27.2 Å². The fourth-order valence-electron chi connectivity index (χ4n) is 2.74. The highest BCUT2D eigenvalue weighted by Gasteiger charge is 2.44. The highest BCUT2D eigenvalue weighted by molar-refractivity contribution is 7.92. The van der Waals surface area contributed by atoms with Crippen LogP contribution in [0.15, 0.2) is 29.2 Å². The van der Waals surface area contributed by atoms with Gasteiger partial charge in [0.25, 0.3) is 9.84 Å². The van der Waals surface area contributed by atoms with Crippen LogP contribution in [-0.4, -0.2) is 25.0 Å². The summed E-state index contributed by atoms with van der Waals surface area (Å²) in [6.45, 7) is 9.15. The second kappa shape index (κ2) is 5.94. The molecule has 1 aromatic carbocycles. The van der Waals surface area contributed by atoms with Gasteiger partial charge in [-0.3, -0.25) is 4.85 Å². The Kier molecular flexibility index (Phi) is 4.46. The summed E-state index contributed by atoms with van der Waals surface area (Å²) >= 11 is 0. The van der Waals surface area contributed by atoms with Crippen molar-refractivity contribution in [2.45, 2.75) is 49.0 Å². The van der Waals surface area contributed by atoms with Gasteiger partial charge < -0.3 is 5.11 Å². The number of hydrogen-bond acceptors (Lipinski definition) is 3. The van der Waals surface area contributed by atoms with E-state index in [1.807, 2.05) is 6.92 Å². The van der Waals surface area contributed by atoms with E-state index in [0.29, 0.717) is 12.8 Å². The van der Waals surface area contributed by atoms with E-state index in [4.69, 9.17) is 6.57 Å². The Morgan fingerprint density at radius 3 is 2.40 bits per heavy atom. The van der Waals surface area contributed by atoms with Crippen molar-refractivity contribution in [2.75, 3.05) is 0 Å². The molecular weight excluding hydrogens is 274 g/mol. The Morgan fingerprint density at radius 2 is 1.85 bits per heavy atom. The SMILES string of the molecule is [C-]#[N+]C(C1CCCCC1O)S(=O)(=O)c1ccc(C)cc1. The maximum Gasteiger partial charge on any atom is 0.330 e. The van der Waals surface area contributed by atoms with Gasteiger partial charge >= 0.3 is 5.37 Å². The molecule has 3 unspecified atom stereocenters. The van der Waals surface area contributed by atoms with Crippen LogP contribution in [0.25, 0.3) is 4.85 Å². The van der Waals surface area contributed by atoms with E-state index >= 15 is 0 Å². The lowest BCUT2D eigenvalue weighted by Crippen LogP contribution is -2.37. The Labute approximate surface area is 120 Å². The Hall–Kier alpha value is -1.38. The van der Waals surface area contributed by atoms with Crippen molar-refractivity contribution in [3.63, 3.8) is 0 Å². The van der Waals surface area contributed by atoms with E-state index in [1.165, 1.54) is 12.1 Å². The van der Waals surface area contributed by atoms with E-state index in [9.17, 15) is 13.5 Å². The summed E-state index contributed by atoms with van der Waals surface area (Å²) in [5.41, 5.74) is 0.973. The summed E-state index contributed by atoms with van der Waals surface area (Å²) in [6, 6.07) is 6.53. The van der Waals surface area contributed by atoms with Crippen molar-refractivity contribution < 1.29 is 13.5 Å². The van der Waals surface area contributed by atoms with Gasteiger partial charge in [-0.1, -0.05) is 30.5 Å². The van der Waals surface area contributed by atoms with Crippen LogP contribution in [0, 0.1) is 19.4 Å². The van der Waals surface area contributed by atoms with Gasteiger partial charge in [-0.25, -0.2) is 15.0 Å². The van der Waals surface area contributed by atoms with Crippen LogP contribution in [0.2, 0.25) is 0 Å². The third-order valence-corrected chi connectivity index (χ3v) is 5.96. The Balaban J connectivity index is 2.35. The van der Waals surface area contributed by atoms with Crippen LogP contribution < -0.4 is 0 Å². The molecule has 1 aliphatic carbocycles. The molecule has 0 saturated heterocycles. The van der Waals surface area contributed by atoms with Crippen molar-refractivity contribution in [3.8, 4) is 0 Å². The van der Waals surface area contributed by atoms with Gasteiger partial charge in [-0.15, -0.1) is 0 Å². The molecule has 0 spiro atoms. The van der Waals surface area contributed by atoms with Gasteiger partial charge in [0.15, 0.2) is 0 Å². The minimum atomic E-state index is -3.71. The van der Waals surface area contributed by atoms with Crippen molar-refractivity contribution in [2.24, 2.45) is 5.92 Å². The van der Waals surface area contributed by atoms with Crippen LogP contribution in [-0.2, 0) is 9.84 Å². The van der Waals surface area contributed by atoms with Crippen molar-refractivity contribution in [1.29, 1.82) is 0 Å². The number of aryl methyl sites for hydroxylation is 1. The average molecular weight is 293 g/mol. The maximum atomic E-state index is 12.6. The molecule has 0 radical (unpaired) electrons. The van der Waals surface area contributed by atoms with Gasteiger partial charge in [0, 0.05) is 0 Å². The predicted octanol–water partition coefficient (Wildman–Crippen LogP) is 2.57. The second-order valence-corrected chi connectivity index (χ2v) is 7.44. The third-order valence-electron chi connectivity index (χ3n) is 3.94. The largest absolute Gasteiger partial charge is 0.392 e. The lowest BCUT2D eigenvalue weighted by Gasteiger charge is -2.27. The van der Waals surface area contributed by atoms with E-state index in [0.717, 1.165) is 18.4 Å². The number of rotatable bonds is 3. The number of aliphatic hydroxyl groups excluding tert-OH is 1. The molecule has 0 aliphatic heterocycles. The summed E-state index contributed by atoms with van der Waals surface area (Å²) in [5, 5.41) is 8.84. The van der Waals surface area contributed by atoms with E-state index in [2.05, 4.69) is 4.85 Å². The molecule has 5 heteroatoms. The first-order chi connectivity index (χ1) is 9.46. The zero-order valence-corrected chi connectivity index (χ0v) is 12.3. The number of benzene rings is 1. The molecule has 4 nitrogen and oxygen atoms in total. The quantitative estimate of drug-likeness (QED) is 0.871. The smallest absolute Gasteiger partial charge is 0.330 e. The van der Waals surface area contributed by atoms with Gasteiger partial charge in [0.1, 0.15) is 0 Å². The summed E-state index contributed by atoms with van der Waals surface area (Å²) < 4.78 is 25.2. The molecular formula is C15H19NO3S. The zero-order chi connectivity index (χ0) is 14.8. The maximum absolute atomic E-state index is 12.6. The summed E-state index contributed by atoms with van der Waals surface area (Å²) in [6.07, 6.45) is 2.26. The molecule has 1 aliphatic rings. The van der Waals surface area contributed by atoms with E-state index in [-0.39, 0.29) is 4.90 Å². The highest BCUT2D eigenvalue weighted by atomic mass is 32.2. The molecule has 0 heterocycles. The minimum Gasteiger partial charge on any atom is -0.392 e. The molecule has 1 aromatic rings. The van der Waals surface area contributed by atoms with Gasteiger partial charge in [-0.05, 0) is 31.9 Å². The third kappa shape index (κ3) is 2.87. The lowest BCUT2D eigenvalue weighted by molar-refractivity contribution is 0.0724. The first kappa shape index (κ1) is 15.0. The first-order valence-electron chi connectivity index (χ1n) is 6.82. The van der Waals surface area contributed by atoms with Gasteiger partial charge in [0.05, 0.1) is 16.9 Å². The Morgan fingerprint density at radius 1 is 1.25 bits per heavy atom. The van der Waals surface area contributed by atoms with Crippen LogP contribution in [0.3, 0.4) is 0 Å². The number of hydrogen-bond donors (Lipinski definition) is 1. The zero-order valence-electron chi connectivity index (χ0n) is 11.5. The monoisotopic (exact) mass is 293 g/mol. The molecule has 0 bridgehead atoms. The normalized spacial score (nSPS) is 24.9. The van der Waals surface area contributed by atoms with Crippen molar-refractivity contribution in [3.05, 3.63) is 41.2 Å². The molecule has 3 atom stereocenters. The minimum absolute atomic E-state index is 0.168. The van der Waals surface area contributed by atoms with Gasteiger partial charge in [0.2, 0.25) is 0 Å². The molecule has 1 saturated carbocycles. The first-order valence-corrected chi connectivity index (χ1v) is 8.36. The summed E-state index contributed by atoms with van der Waals surface area (Å²) in [4.78, 5) is 3.50. The summed E-state index contributed by atoms with van der Waals surface area (Å²) in [7, 11) is -3.71. The second-order valence-electron chi connectivity index (χ2n) is 5.39. The topological polar surface area (TPSA) is 58.7 Å². The average Bonchev–Trinajstić information content (AvgIpc) is 2.42. The van der Waals surface area contributed by atoms with Gasteiger partial charge in [-0.2, -0.15) is 0 Å². The predicted molar refractivity (Wildman–Crippen MR) is 76.7 cm³/mol. The van der Waals surface area contributed by atoms with E-state index in [1.54, 1.807) is 12.1 Å². The number of sulfone groups is 1. The van der Waals surface area contributed by atoms with Crippen molar-refractivity contribution in [1.82, 2.24) is 0 Å². The standard InChI is InChI=1S/C15H19NO3S/c1-11-7-9-12(10-8-11)20(18,19)15(16-2)13-5-3-4-6-14(13)17/h7-10,13-15,17H,3-6H2,1H3. The van der Waals surface area contributed by atoms with Crippen LogP contribution in [0.1, 0.15) is 31.2 Å². The Bertz CT molecular complexity index is 601. The number of nitrogens with zero attached hydrogens (tertiary/aromatic N) is 1. The fraction of sp³-hybridized carbons (Fsp3) is 0.533. The van der Waals surface area contributed by atoms with Crippen molar-refractivity contribution >= 4 is 9.84 Å². The molecule has 0 amide bonds. The molecule has 2 rings (SSSR count). The number of aliphatic hydroxyl groups is 1. The molecule has 108 valence electrons. The van der Waals surface area contributed by atoms with Crippen LogP contribution in [0.5, 0.6) is 0 Å².